The number of urea groups is 1. The second kappa shape index (κ2) is 6.06. The number of hydrogen-bond acceptors (Lipinski definition) is 3. The molecule has 1 unspecified atom stereocenters. The number of nitrogens with one attached hydrogen (secondary N) is 2. The molecule has 1 atom stereocenters. The van der Waals surface area contributed by atoms with Gasteiger partial charge in [0, 0.05) is 25.7 Å². The van der Waals surface area contributed by atoms with Crippen LogP contribution >= 0.6 is 0 Å². The van der Waals surface area contributed by atoms with Crippen molar-refractivity contribution >= 4 is 6.03 Å². The Labute approximate surface area is 96.5 Å². The predicted molar refractivity (Wildman–Crippen MR) is 61.4 cm³/mol. The minimum absolute atomic E-state index is 0.0568. The van der Waals surface area contributed by atoms with E-state index in [0.29, 0.717) is 32.3 Å². The van der Waals surface area contributed by atoms with Crippen LogP contribution < -0.4 is 10.6 Å². The van der Waals surface area contributed by atoms with Gasteiger partial charge >= 0.3 is 6.03 Å². The molecule has 2 fully saturated rings. The van der Waals surface area contributed by atoms with Crippen molar-refractivity contribution in [1.82, 2.24) is 15.5 Å². The zero-order valence-electron chi connectivity index (χ0n) is 9.71. The van der Waals surface area contributed by atoms with Gasteiger partial charge in [-0.25, -0.2) is 4.79 Å². The summed E-state index contributed by atoms with van der Waals surface area (Å²) in [5, 5.41) is 6.40. The molecule has 2 aliphatic rings. The van der Waals surface area contributed by atoms with Gasteiger partial charge in [0.25, 0.3) is 0 Å². The Morgan fingerprint density at radius 2 is 2.25 bits per heavy atom. The Balaban J connectivity index is 1.59. The molecule has 2 heterocycles. The highest BCUT2D eigenvalue weighted by molar-refractivity contribution is 5.74. The molecule has 2 saturated heterocycles. The predicted octanol–water partition coefficient (Wildman–Crippen LogP) is 0.170. The van der Waals surface area contributed by atoms with E-state index >= 15 is 0 Å². The maximum absolute atomic E-state index is 11.7. The molecule has 0 bridgehead atoms. The van der Waals surface area contributed by atoms with Crippen molar-refractivity contribution < 1.29 is 9.53 Å². The first kappa shape index (κ1) is 11.7. The lowest BCUT2D eigenvalue weighted by atomic mass is 10.1. The molecule has 0 aromatic heterocycles. The van der Waals surface area contributed by atoms with E-state index in [-0.39, 0.29) is 6.03 Å². The van der Waals surface area contributed by atoms with Gasteiger partial charge in [0.1, 0.15) is 0 Å². The molecular weight excluding hydrogens is 206 g/mol. The standard InChI is InChI=1S/C11H21N3O2/c15-11(14-6-8-16-9-7-14)13-5-3-10-2-1-4-12-10/h10,12H,1-9H2,(H,13,15). The number of ether oxygens (including phenoxy) is 1. The molecule has 0 saturated carbocycles. The molecule has 2 amide bonds. The average Bonchev–Trinajstić information content (AvgIpc) is 2.83. The largest absolute Gasteiger partial charge is 0.378 e. The van der Waals surface area contributed by atoms with Crippen LogP contribution in [0.2, 0.25) is 0 Å². The average molecular weight is 227 g/mol. The minimum atomic E-state index is 0.0568. The Morgan fingerprint density at radius 3 is 2.94 bits per heavy atom. The Bertz CT molecular complexity index is 223. The summed E-state index contributed by atoms with van der Waals surface area (Å²) in [6, 6.07) is 0.659. The smallest absolute Gasteiger partial charge is 0.317 e. The van der Waals surface area contributed by atoms with Crippen LogP contribution in [0.25, 0.3) is 0 Å². The molecular formula is C11H21N3O2. The molecule has 2 rings (SSSR count). The number of amides is 2. The zero-order valence-corrected chi connectivity index (χ0v) is 9.71. The first-order valence-corrected chi connectivity index (χ1v) is 6.20. The van der Waals surface area contributed by atoms with Crippen LogP contribution in [0.1, 0.15) is 19.3 Å². The Kier molecular flexibility index (Phi) is 4.42. The maximum atomic E-state index is 11.7. The van der Waals surface area contributed by atoms with Gasteiger partial charge in [-0.05, 0) is 25.8 Å². The molecule has 2 aliphatic heterocycles. The van der Waals surface area contributed by atoms with Gasteiger partial charge in [-0.15, -0.1) is 0 Å². The lowest BCUT2D eigenvalue weighted by Crippen LogP contribution is -2.46. The second-order valence-corrected chi connectivity index (χ2v) is 4.41. The molecule has 92 valence electrons. The molecule has 0 aromatic rings. The van der Waals surface area contributed by atoms with Crippen LogP contribution in [0.5, 0.6) is 0 Å². The highest BCUT2D eigenvalue weighted by Gasteiger charge is 2.17. The summed E-state index contributed by atoms with van der Waals surface area (Å²) in [6.07, 6.45) is 3.55. The lowest BCUT2D eigenvalue weighted by Gasteiger charge is -2.27. The lowest BCUT2D eigenvalue weighted by molar-refractivity contribution is 0.0532. The third kappa shape index (κ3) is 3.35. The first-order valence-electron chi connectivity index (χ1n) is 6.20. The fourth-order valence-corrected chi connectivity index (χ4v) is 2.23. The molecule has 0 radical (unpaired) electrons. The summed E-state index contributed by atoms with van der Waals surface area (Å²) in [5.74, 6) is 0. The fourth-order valence-electron chi connectivity index (χ4n) is 2.23. The number of rotatable bonds is 3. The Hall–Kier alpha value is -0.810. The zero-order chi connectivity index (χ0) is 11.2. The van der Waals surface area contributed by atoms with Gasteiger partial charge in [-0.2, -0.15) is 0 Å². The van der Waals surface area contributed by atoms with Crippen molar-refractivity contribution in [3.63, 3.8) is 0 Å². The van der Waals surface area contributed by atoms with Crippen molar-refractivity contribution in [3.05, 3.63) is 0 Å². The van der Waals surface area contributed by atoms with Crippen LogP contribution in [0.15, 0.2) is 0 Å². The molecule has 5 nitrogen and oxygen atoms in total. The van der Waals surface area contributed by atoms with E-state index in [2.05, 4.69) is 10.6 Å². The van der Waals surface area contributed by atoms with Gasteiger partial charge in [-0.1, -0.05) is 0 Å². The third-order valence-corrected chi connectivity index (χ3v) is 3.23. The van der Waals surface area contributed by atoms with E-state index in [1.54, 1.807) is 0 Å². The van der Waals surface area contributed by atoms with Crippen LogP contribution in [-0.4, -0.2) is 56.4 Å². The highest BCUT2D eigenvalue weighted by Crippen LogP contribution is 2.07. The van der Waals surface area contributed by atoms with Gasteiger partial charge < -0.3 is 20.3 Å². The molecule has 5 heteroatoms. The monoisotopic (exact) mass is 227 g/mol. The molecule has 2 N–H and O–H groups in total. The third-order valence-electron chi connectivity index (χ3n) is 3.23. The SMILES string of the molecule is O=C(NCCC1CCCN1)N1CCOCC1. The van der Waals surface area contributed by atoms with Crippen molar-refractivity contribution in [2.24, 2.45) is 0 Å². The van der Waals surface area contributed by atoms with Crippen molar-refractivity contribution in [3.8, 4) is 0 Å². The first-order chi connectivity index (χ1) is 7.86. The van der Waals surface area contributed by atoms with Crippen molar-refractivity contribution in [1.29, 1.82) is 0 Å². The van der Waals surface area contributed by atoms with Crippen LogP contribution in [-0.2, 0) is 4.74 Å². The summed E-state index contributed by atoms with van der Waals surface area (Å²) < 4.78 is 5.20. The van der Waals surface area contributed by atoms with E-state index in [4.69, 9.17) is 4.74 Å². The van der Waals surface area contributed by atoms with E-state index in [9.17, 15) is 4.79 Å². The molecule has 16 heavy (non-hydrogen) atoms. The molecule has 0 spiro atoms. The number of hydrogen-bond donors (Lipinski definition) is 2. The highest BCUT2D eigenvalue weighted by atomic mass is 16.5. The number of carbonyl (C=O) groups excluding carboxylic acids is 1. The topological polar surface area (TPSA) is 53.6 Å². The summed E-state index contributed by atoms with van der Waals surface area (Å²) in [5.41, 5.74) is 0. The number of nitrogens with zero attached hydrogens (tertiary/aromatic N) is 1. The van der Waals surface area contributed by atoms with E-state index in [1.807, 2.05) is 4.90 Å². The number of carbonyl (C=O) groups is 1. The van der Waals surface area contributed by atoms with Crippen molar-refractivity contribution in [2.45, 2.75) is 25.3 Å². The second-order valence-electron chi connectivity index (χ2n) is 4.41. The van der Waals surface area contributed by atoms with Gasteiger partial charge in [-0.3, -0.25) is 0 Å². The van der Waals surface area contributed by atoms with Gasteiger partial charge in [0.2, 0.25) is 0 Å². The van der Waals surface area contributed by atoms with Crippen molar-refractivity contribution in [2.75, 3.05) is 39.4 Å². The summed E-state index contributed by atoms with van der Waals surface area (Å²) in [7, 11) is 0. The summed E-state index contributed by atoms with van der Waals surface area (Å²) in [6.45, 7) is 4.66. The molecule has 0 aliphatic carbocycles. The van der Waals surface area contributed by atoms with Crippen LogP contribution in [0.4, 0.5) is 4.79 Å². The van der Waals surface area contributed by atoms with Gasteiger partial charge in [0.05, 0.1) is 13.2 Å². The van der Waals surface area contributed by atoms with Crippen LogP contribution in [0.3, 0.4) is 0 Å². The van der Waals surface area contributed by atoms with E-state index < -0.39 is 0 Å². The number of morpholine rings is 1. The maximum Gasteiger partial charge on any atom is 0.317 e. The Morgan fingerprint density at radius 1 is 1.44 bits per heavy atom. The normalized spacial score (nSPS) is 25.8. The molecule has 0 aromatic carbocycles. The van der Waals surface area contributed by atoms with E-state index in [1.165, 1.54) is 12.8 Å². The summed E-state index contributed by atoms with van der Waals surface area (Å²) >= 11 is 0. The van der Waals surface area contributed by atoms with Gasteiger partial charge in [0.15, 0.2) is 0 Å². The fraction of sp³-hybridized carbons (Fsp3) is 0.909. The minimum Gasteiger partial charge on any atom is -0.378 e. The van der Waals surface area contributed by atoms with Crippen LogP contribution in [0, 0.1) is 0 Å². The van der Waals surface area contributed by atoms with E-state index in [0.717, 1.165) is 19.5 Å². The summed E-state index contributed by atoms with van der Waals surface area (Å²) in [4.78, 5) is 13.5. The quantitative estimate of drug-likeness (QED) is 0.722.